The van der Waals surface area contributed by atoms with Crippen molar-refractivity contribution in [2.75, 3.05) is 26.2 Å². The second kappa shape index (κ2) is 9.90. The lowest BCUT2D eigenvalue weighted by Gasteiger charge is -2.18. The van der Waals surface area contributed by atoms with Gasteiger partial charge in [-0.15, -0.1) is 0 Å². The number of hydrogen-bond donors (Lipinski definition) is 2. The fourth-order valence-electron chi connectivity index (χ4n) is 2.54. The Morgan fingerprint density at radius 2 is 1.74 bits per heavy atom. The zero-order valence-electron chi connectivity index (χ0n) is 14.8. The third-order valence-corrected chi connectivity index (χ3v) is 5.57. The summed E-state index contributed by atoms with van der Waals surface area (Å²) in [5.41, 5.74) is 0. The summed E-state index contributed by atoms with van der Waals surface area (Å²) in [5.74, 6) is 0.682. The van der Waals surface area contributed by atoms with Gasteiger partial charge >= 0.3 is 0 Å². The van der Waals surface area contributed by atoms with E-state index in [1.807, 2.05) is 13.8 Å². The van der Waals surface area contributed by atoms with Crippen molar-refractivity contribution < 1.29 is 18.1 Å². The molecular weight excluding hydrogens is 312 g/mol. The van der Waals surface area contributed by atoms with Crippen molar-refractivity contribution in [3.63, 3.8) is 0 Å². The number of quaternary nitrogens is 1. The molecule has 0 aliphatic rings. The summed E-state index contributed by atoms with van der Waals surface area (Å²) in [5, 5.41) is 0. The van der Waals surface area contributed by atoms with Crippen LogP contribution in [0, 0.1) is 0 Å². The second-order valence-corrected chi connectivity index (χ2v) is 7.49. The molecule has 0 fully saturated rings. The van der Waals surface area contributed by atoms with Gasteiger partial charge in [0, 0.05) is 6.04 Å². The van der Waals surface area contributed by atoms with E-state index in [0.29, 0.717) is 12.4 Å². The molecule has 2 N–H and O–H groups in total. The highest BCUT2D eigenvalue weighted by Gasteiger charge is 2.17. The SMILES string of the molecule is CCOc1ccc(S(=O)(=O)N[C@H](C)CCC[NH+](CC)CC)cc1. The maximum atomic E-state index is 12.4. The Kier molecular flexibility index (Phi) is 8.58. The Balaban J connectivity index is 2.53. The second-order valence-electron chi connectivity index (χ2n) is 5.78. The largest absolute Gasteiger partial charge is 0.494 e. The maximum absolute atomic E-state index is 12.4. The molecule has 0 aliphatic carbocycles. The molecule has 1 rings (SSSR count). The number of nitrogens with one attached hydrogen (secondary N) is 2. The normalized spacial score (nSPS) is 13.3. The van der Waals surface area contributed by atoms with Gasteiger partial charge < -0.3 is 9.64 Å². The van der Waals surface area contributed by atoms with Crippen molar-refractivity contribution in [3.8, 4) is 5.75 Å². The first kappa shape index (κ1) is 19.9. The lowest BCUT2D eigenvalue weighted by atomic mass is 10.2. The molecule has 0 spiro atoms. The standard InChI is InChI=1S/C17H30N2O3S/c1-5-19(6-2)14-8-9-15(4)18-23(20,21)17-12-10-16(11-13-17)22-7-3/h10-13,15,18H,5-9,14H2,1-4H3/p+1/t15-/m1/s1. The van der Waals surface area contributed by atoms with Gasteiger partial charge in [-0.25, -0.2) is 13.1 Å². The van der Waals surface area contributed by atoms with E-state index in [-0.39, 0.29) is 10.9 Å². The van der Waals surface area contributed by atoms with E-state index in [9.17, 15) is 8.42 Å². The maximum Gasteiger partial charge on any atom is 0.240 e. The minimum absolute atomic E-state index is 0.0680. The fourth-order valence-corrected chi connectivity index (χ4v) is 3.81. The van der Waals surface area contributed by atoms with Crippen LogP contribution in [0.5, 0.6) is 5.75 Å². The van der Waals surface area contributed by atoms with Crippen LogP contribution in [-0.4, -0.2) is 40.7 Å². The van der Waals surface area contributed by atoms with Gasteiger partial charge in [0.25, 0.3) is 0 Å². The average Bonchev–Trinajstić information content (AvgIpc) is 2.52. The molecule has 23 heavy (non-hydrogen) atoms. The quantitative estimate of drug-likeness (QED) is 0.639. The van der Waals surface area contributed by atoms with E-state index in [4.69, 9.17) is 4.74 Å². The smallest absolute Gasteiger partial charge is 0.240 e. The monoisotopic (exact) mass is 343 g/mol. The third-order valence-electron chi connectivity index (χ3n) is 3.97. The van der Waals surface area contributed by atoms with Crippen molar-refractivity contribution in [3.05, 3.63) is 24.3 Å². The highest BCUT2D eigenvalue weighted by molar-refractivity contribution is 7.89. The molecule has 0 radical (unpaired) electrons. The predicted octanol–water partition coefficient (Wildman–Crippen LogP) is 1.46. The Labute approximate surface area is 141 Å². The van der Waals surface area contributed by atoms with Gasteiger partial charge in [-0.1, -0.05) is 0 Å². The Hall–Kier alpha value is -1.11. The predicted molar refractivity (Wildman–Crippen MR) is 93.5 cm³/mol. The summed E-state index contributed by atoms with van der Waals surface area (Å²) < 4.78 is 32.8. The fraction of sp³-hybridized carbons (Fsp3) is 0.647. The van der Waals surface area contributed by atoms with Crippen LogP contribution in [0.1, 0.15) is 40.5 Å². The molecule has 0 saturated carbocycles. The molecule has 0 aliphatic heterocycles. The van der Waals surface area contributed by atoms with Crippen LogP contribution < -0.4 is 14.4 Å². The van der Waals surface area contributed by atoms with Crippen LogP contribution in [0.25, 0.3) is 0 Å². The van der Waals surface area contributed by atoms with Gasteiger partial charge in [0.2, 0.25) is 10.0 Å². The highest BCUT2D eigenvalue weighted by atomic mass is 32.2. The van der Waals surface area contributed by atoms with Gasteiger partial charge in [-0.2, -0.15) is 0 Å². The van der Waals surface area contributed by atoms with Crippen LogP contribution >= 0.6 is 0 Å². The van der Waals surface area contributed by atoms with Crippen molar-refractivity contribution in [2.24, 2.45) is 0 Å². The molecule has 0 bridgehead atoms. The highest BCUT2D eigenvalue weighted by Crippen LogP contribution is 2.16. The third kappa shape index (κ3) is 6.89. The number of ether oxygens (including phenoxy) is 1. The topological polar surface area (TPSA) is 59.8 Å². The van der Waals surface area contributed by atoms with Crippen LogP contribution in [0.15, 0.2) is 29.2 Å². The molecule has 1 atom stereocenters. The Morgan fingerprint density at radius 3 is 2.26 bits per heavy atom. The summed E-state index contributed by atoms with van der Waals surface area (Å²) >= 11 is 0. The Bertz CT molecular complexity index is 539. The van der Waals surface area contributed by atoms with Gasteiger partial charge in [-0.3, -0.25) is 0 Å². The molecule has 0 saturated heterocycles. The van der Waals surface area contributed by atoms with E-state index < -0.39 is 10.0 Å². The van der Waals surface area contributed by atoms with E-state index in [2.05, 4.69) is 18.6 Å². The van der Waals surface area contributed by atoms with Crippen LogP contribution in [0.3, 0.4) is 0 Å². The van der Waals surface area contributed by atoms with Gasteiger partial charge in [-0.05, 0) is 64.8 Å². The van der Waals surface area contributed by atoms with Crippen molar-refractivity contribution >= 4 is 10.0 Å². The van der Waals surface area contributed by atoms with Crippen LogP contribution in [0.4, 0.5) is 0 Å². The van der Waals surface area contributed by atoms with Crippen molar-refractivity contribution in [2.45, 2.75) is 51.5 Å². The molecule has 0 aromatic heterocycles. The molecule has 1 aromatic carbocycles. The molecule has 6 heteroatoms. The van der Waals surface area contributed by atoms with Gasteiger partial charge in [0.15, 0.2) is 0 Å². The number of rotatable bonds is 11. The summed E-state index contributed by atoms with van der Waals surface area (Å²) in [6.45, 7) is 12.1. The number of sulfonamides is 1. The summed E-state index contributed by atoms with van der Waals surface area (Å²) in [6, 6.07) is 6.47. The van der Waals surface area contributed by atoms with E-state index in [0.717, 1.165) is 32.5 Å². The first-order chi connectivity index (χ1) is 10.9. The summed E-state index contributed by atoms with van der Waals surface area (Å²) in [7, 11) is -3.47. The summed E-state index contributed by atoms with van der Waals surface area (Å²) in [4.78, 5) is 1.83. The van der Waals surface area contributed by atoms with Crippen molar-refractivity contribution in [1.29, 1.82) is 0 Å². The molecule has 132 valence electrons. The molecule has 1 aromatic rings. The average molecular weight is 344 g/mol. The minimum atomic E-state index is -3.47. The Morgan fingerprint density at radius 1 is 1.13 bits per heavy atom. The van der Waals surface area contributed by atoms with Gasteiger partial charge in [0.05, 0.1) is 31.1 Å². The number of benzene rings is 1. The van der Waals surface area contributed by atoms with Gasteiger partial charge in [0.1, 0.15) is 5.75 Å². The zero-order chi connectivity index (χ0) is 17.3. The van der Waals surface area contributed by atoms with E-state index in [1.54, 1.807) is 29.2 Å². The molecule has 0 amide bonds. The first-order valence-corrected chi connectivity index (χ1v) is 10.00. The van der Waals surface area contributed by atoms with Crippen molar-refractivity contribution in [1.82, 2.24) is 4.72 Å². The lowest BCUT2D eigenvalue weighted by molar-refractivity contribution is -0.896. The summed E-state index contributed by atoms with van der Waals surface area (Å²) in [6.07, 6.45) is 1.86. The van der Waals surface area contributed by atoms with Crippen LogP contribution in [0.2, 0.25) is 0 Å². The first-order valence-electron chi connectivity index (χ1n) is 8.51. The molecule has 5 nitrogen and oxygen atoms in total. The number of hydrogen-bond acceptors (Lipinski definition) is 3. The molecular formula is C17H31N2O3S+. The minimum Gasteiger partial charge on any atom is -0.494 e. The molecule has 0 heterocycles. The lowest BCUT2D eigenvalue weighted by Crippen LogP contribution is -3.11. The molecule has 0 unspecified atom stereocenters. The van der Waals surface area contributed by atoms with E-state index >= 15 is 0 Å². The zero-order valence-corrected chi connectivity index (χ0v) is 15.6. The van der Waals surface area contributed by atoms with Crippen LogP contribution in [-0.2, 0) is 10.0 Å². The van der Waals surface area contributed by atoms with E-state index in [1.165, 1.54) is 0 Å².